The standard InChI is InChI=1S/C9H12O.C8H10.C8H8.2C7H9N.C7H14.C6H6ClN.C6H13N.C5H13N.C4H9NO.C3H7NO.C3H8O.C3H6.C2H6O.C2H4O.C2H6S.C2H6.3CH4/c1-3-8-4-6-9(10-2)7-5-8;2*1-2-8-6-4-3-5-7-8;1-2-7-4-3-5-8-6-7;1-2-7-5-3-4-6-8-7;1-2-7-5-3-4-6-7;7-5-2-1-3-6(8)4-5;1-2-7-5-3-4-6-7;1-3-5-6-4-2;1-3-5-4(2)6;1-3(2)5-4;1-3-4-2;1-3-2;2*1-2-3;1-3-2;1-2;;;/h4-7H,3H2,1-2H3;3-7H,2H2,1H3;2-7H,1H2;2*3-6H,2H2,1H3;7H,2-6H2,1H3;1-4H,8H2;2-6H2,1H3;6H,3-5H2,1-2H3;3H2,1-2H3,(H,5,6);1,4H2,2H3;3H2,1-2H3;3H,1H2,2H3;3H,2H2,1H3;2-3H,1H2;1-2H3;1-2H3;3*1H4. The van der Waals surface area contributed by atoms with Gasteiger partial charge in [0, 0.05) is 68.8 Å². The predicted octanol–water partition coefficient (Wildman–Crippen LogP) is 23.7. The van der Waals surface area contributed by atoms with Crippen LogP contribution in [0.25, 0.3) is 6.08 Å². The molecule has 102 heavy (non-hydrogen) atoms. The third-order valence-corrected chi connectivity index (χ3v) is 12.4. The number of nitrogens with zero attached hydrogens (tertiary/aromatic N) is 3. The van der Waals surface area contributed by atoms with Gasteiger partial charge in [0.25, 0.3) is 0 Å². The zero-order chi connectivity index (χ0) is 77.2. The number of aromatic nitrogens is 2. The van der Waals surface area contributed by atoms with Gasteiger partial charge in [-0.1, -0.05) is 258 Å². The number of carbonyl (C=O) groups excluding carboxylic acids is 1. The van der Waals surface area contributed by atoms with Gasteiger partial charge < -0.3 is 45.8 Å². The number of benzene rings is 4. The van der Waals surface area contributed by atoms with Crippen molar-refractivity contribution in [2.75, 3.05) is 84.9 Å². The summed E-state index contributed by atoms with van der Waals surface area (Å²) >= 11 is 7.31. The van der Waals surface area contributed by atoms with Gasteiger partial charge >= 0.3 is 0 Å². The van der Waals surface area contributed by atoms with E-state index in [2.05, 4.69) is 165 Å². The summed E-state index contributed by atoms with van der Waals surface area (Å²) in [6, 6.07) is 45.7. The molecule has 1 saturated heterocycles. The highest BCUT2D eigenvalue weighted by Gasteiger charge is 2.11. The molecule has 4 aromatic carbocycles. The quantitative estimate of drug-likeness (QED) is 0.0199. The van der Waals surface area contributed by atoms with Crippen LogP contribution in [0.5, 0.6) is 5.75 Å². The molecular formula is C87H158ClN7O6S. The van der Waals surface area contributed by atoms with Crippen LogP contribution in [0.1, 0.15) is 212 Å². The van der Waals surface area contributed by atoms with E-state index in [1.165, 1.54) is 100 Å². The minimum absolute atomic E-state index is 0. The van der Waals surface area contributed by atoms with E-state index in [0.29, 0.717) is 16.5 Å². The first kappa shape index (κ1) is 122. The highest BCUT2D eigenvalue weighted by molar-refractivity contribution is 7.97. The molecule has 0 bridgehead atoms. The molecular weight excluding hydrogens is 1310 g/mol. The Morgan fingerprint density at radius 1 is 0.686 bits per heavy atom. The average molecular weight is 1470 g/mol. The fraction of sp³-hybridized carbons (Fsp3) is 0.506. The fourth-order valence-electron chi connectivity index (χ4n) is 7.01. The summed E-state index contributed by atoms with van der Waals surface area (Å²) in [5.74, 6) is 7.17. The molecule has 0 unspecified atom stereocenters. The molecule has 6 aromatic rings. The summed E-state index contributed by atoms with van der Waals surface area (Å²) in [4.78, 5) is 24.5. The number of aryl methyl sites for hydroxylation is 4. The van der Waals surface area contributed by atoms with Gasteiger partial charge in [-0.25, -0.2) is 0 Å². The number of likely N-dealkylation sites (tertiary alicyclic amines) is 1. The summed E-state index contributed by atoms with van der Waals surface area (Å²) in [5.41, 5.74) is 12.5. The number of carbonyl (C=O) groups is 1. The van der Waals surface area contributed by atoms with Crippen LogP contribution in [-0.4, -0.2) is 110 Å². The summed E-state index contributed by atoms with van der Waals surface area (Å²) < 4.78 is 9.56. The van der Waals surface area contributed by atoms with Crippen molar-refractivity contribution >= 4 is 41.0 Å². The van der Waals surface area contributed by atoms with Crippen molar-refractivity contribution in [3.63, 3.8) is 0 Å². The maximum absolute atomic E-state index is 9.93. The molecule has 1 amide bonds. The van der Waals surface area contributed by atoms with Crippen LogP contribution in [0.2, 0.25) is 5.02 Å². The molecule has 2 fully saturated rings. The molecule has 0 atom stereocenters. The Hall–Kier alpha value is -6.75. The van der Waals surface area contributed by atoms with Gasteiger partial charge in [-0.2, -0.15) is 17.7 Å². The second-order valence-corrected chi connectivity index (χ2v) is 21.7. The van der Waals surface area contributed by atoms with Gasteiger partial charge in [0.15, 0.2) is 0 Å². The first-order chi connectivity index (χ1) is 47.8. The maximum atomic E-state index is 9.93. The maximum Gasteiger partial charge on any atom is 0.216 e. The molecule has 8 rings (SSSR count). The van der Waals surface area contributed by atoms with Gasteiger partial charge in [-0.05, 0) is 202 Å². The number of nitrogens with two attached hydrogens (primary N) is 2. The molecule has 8 N–H and O–H groups in total. The van der Waals surface area contributed by atoms with Crippen molar-refractivity contribution in [2.24, 2.45) is 11.8 Å². The van der Waals surface area contributed by atoms with Gasteiger partial charge in [-0.15, -0.1) is 6.58 Å². The minimum Gasteiger partial charge on any atom is -0.516 e. The molecule has 2 aromatic heterocycles. The number of amides is 1. The highest BCUT2D eigenvalue weighted by atomic mass is 35.5. The molecule has 0 spiro atoms. The second-order valence-electron chi connectivity index (χ2n) is 20.5. The Bertz CT molecular complexity index is 2280. The molecule has 0 radical (unpaired) electrons. The Labute approximate surface area is 640 Å². The number of aliphatic hydroxyl groups is 2. The zero-order valence-corrected chi connectivity index (χ0v) is 67.7. The van der Waals surface area contributed by atoms with E-state index in [4.69, 9.17) is 32.3 Å². The van der Waals surface area contributed by atoms with Crippen LogP contribution >= 0.6 is 23.4 Å². The highest BCUT2D eigenvalue weighted by Crippen LogP contribution is 2.26. The van der Waals surface area contributed by atoms with Crippen molar-refractivity contribution in [2.45, 2.75) is 210 Å². The van der Waals surface area contributed by atoms with Gasteiger partial charge in [0.05, 0.1) is 13.4 Å². The molecule has 2 aliphatic rings. The molecule has 1 saturated carbocycles. The lowest BCUT2D eigenvalue weighted by Crippen LogP contribution is -2.18. The van der Waals surface area contributed by atoms with Crippen molar-refractivity contribution in [1.29, 1.82) is 0 Å². The summed E-state index contributed by atoms with van der Waals surface area (Å²) in [6.45, 7) is 53.2. The number of pyridine rings is 2. The number of methoxy groups -OCH3 is 2. The monoisotopic (exact) mass is 1460 g/mol. The van der Waals surface area contributed by atoms with Crippen LogP contribution in [-0.2, 0) is 40.1 Å². The van der Waals surface area contributed by atoms with Crippen LogP contribution in [0.15, 0.2) is 203 Å². The van der Waals surface area contributed by atoms with Crippen LogP contribution < -0.4 is 27.0 Å². The van der Waals surface area contributed by atoms with Crippen LogP contribution in [0, 0.1) is 5.92 Å². The fourth-order valence-corrected chi connectivity index (χ4v) is 7.20. The van der Waals surface area contributed by atoms with Crippen molar-refractivity contribution < 1.29 is 29.3 Å². The lowest BCUT2D eigenvalue weighted by molar-refractivity contribution is -0.118. The van der Waals surface area contributed by atoms with E-state index in [9.17, 15) is 4.79 Å². The van der Waals surface area contributed by atoms with Crippen molar-refractivity contribution in [3.05, 3.63) is 236 Å². The third-order valence-electron chi connectivity index (χ3n) is 12.2. The lowest BCUT2D eigenvalue weighted by atomic mass is 10.1. The number of halogens is 1. The van der Waals surface area contributed by atoms with E-state index >= 15 is 0 Å². The normalized spacial score (nSPS) is 9.95. The van der Waals surface area contributed by atoms with Gasteiger partial charge in [0.2, 0.25) is 5.91 Å². The van der Waals surface area contributed by atoms with Gasteiger partial charge in [-0.3, -0.25) is 14.8 Å². The number of hydrogen-bond acceptors (Lipinski definition) is 13. The second kappa shape index (κ2) is 110. The summed E-state index contributed by atoms with van der Waals surface area (Å²) in [7, 11) is 3.36. The summed E-state index contributed by atoms with van der Waals surface area (Å²) in [5, 5.41) is 21.4. The first-order valence-corrected chi connectivity index (χ1v) is 37.4. The average Bonchev–Trinajstić information content (AvgIpc) is 1.43. The van der Waals surface area contributed by atoms with Crippen molar-refractivity contribution in [1.82, 2.24) is 25.5 Å². The van der Waals surface area contributed by atoms with E-state index < -0.39 is 0 Å². The third kappa shape index (κ3) is 112. The Morgan fingerprint density at radius 2 is 1.14 bits per heavy atom. The number of anilines is 1. The molecule has 1 aliphatic heterocycles. The van der Waals surface area contributed by atoms with Gasteiger partial charge in [0.1, 0.15) is 11.5 Å². The van der Waals surface area contributed by atoms with E-state index in [1.807, 2.05) is 144 Å². The molecule has 15 heteroatoms. The predicted molar refractivity (Wildman–Crippen MR) is 465 cm³/mol. The van der Waals surface area contributed by atoms with Crippen LogP contribution in [0.4, 0.5) is 5.69 Å². The minimum atomic E-state index is 0. The SMILES string of the molecule is C.C.C.C=C(C)ON.C=CC.C=CO.C=Cc1ccccc1.CC.CCC1CCCC1.CCCNCC.CCN1CCCC1.CCNC(C)=O.CCO.CCOC.CCc1ccc(OC)cc1.CCc1ccccc1.CCc1ccccn1.CCc1cccnc1.CSC.Nc1cccc(Cl)c1. The number of hydrogen-bond donors (Lipinski definition) is 6. The number of nitrogen functional groups attached to an aromatic ring is 1. The zero-order valence-electron chi connectivity index (χ0n) is 66.1. The van der Waals surface area contributed by atoms with Crippen LogP contribution in [0.3, 0.4) is 0 Å². The Morgan fingerprint density at radius 3 is 1.36 bits per heavy atom. The van der Waals surface area contributed by atoms with Crippen molar-refractivity contribution in [3.8, 4) is 5.75 Å². The smallest absolute Gasteiger partial charge is 0.216 e. The number of thioether (sulfide) groups is 1. The largest absolute Gasteiger partial charge is 0.516 e. The number of nitrogens with one attached hydrogen (secondary N) is 2. The molecule has 3 heterocycles. The van der Waals surface area contributed by atoms with E-state index in [1.54, 1.807) is 70.3 Å². The summed E-state index contributed by atoms with van der Waals surface area (Å²) in [6.07, 6.45) is 29.8. The Kier molecular flexibility index (Phi) is 132. The first-order valence-electron chi connectivity index (χ1n) is 35.4. The number of aliphatic hydroxyl groups excluding tert-OH is 2. The molecule has 590 valence electrons. The lowest BCUT2D eigenvalue weighted by Gasteiger charge is -2.08. The van der Waals surface area contributed by atoms with E-state index in [0.717, 1.165) is 75.5 Å². The number of ether oxygens (including phenoxy) is 2. The molecule has 1 aliphatic carbocycles. The topological polar surface area (TPSA) is 190 Å². The Balaban J connectivity index is -0.0000000854. The van der Waals surface area contributed by atoms with E-state index in [-0.39, 0.29) is 34.8 Å². The number of rotatable bonds is 14. The molecule has 13 nitrogen and oxygen atoms in total. The number of allylic oxidation sites excluding steroid dienone is 2.